The summed E-state index contributed by atoms with van der Waals surface area (Å²) in [5.74, 6) is 1.37. The Morgan fingerprint density at radius 2 is 2.04 bits per heavy atom. The first-order valence-corrected chi connectivity index (χ1v) is 11.8. The van der Waals surface area contributed by atoms with Gasteiger partial charge in [-0.1, -0.05) is 13.3 Å². The summed E-state index contributed by atoms with van der Waals surface area (Å²) < 4.78 is 17.6. The van der Waals surface area contributed by atoms with E-state index in [1.165, 1.54) is 0 Å². The molecule has 0 aromatic heterocycles. The Labute approximate surface area is 171 Å². The number of guanidine groups is 1. The van der Waals surface area contributed by atoms with Crippen molar-refractivity contribution in [3.63, 3.8) is 0 Å². The maximum Gasteiger partial charge on any atom is 0.243 e. The number of ether oxygens (including phenoxy) is 1. The van der Waals surface area contributed by atoms with Crippen LogP contribution in [-0.4, -0.2) is 103 Å². The second kappa shape index (κ2) is 12.4. The second-order valence-electron chi connectivity index (χ2n) is 7.63. The summed E-state index contributed by atoms with van der Waals surface area (Å²) in [5, 5.41) is 7.12. The maximum atomic E-state index is 12.2. The van der Waals surface area contributed by atoms with Crippen LogP contribution in [0, 0.1) is 0 Å². The number of likely N-dealkylation sites (N-methyl/N-ethyl adjacent to an activating group) is 1. The number of amides is 1. The van der Waals surface area contributed by atoms with Crippen molar-refractivity contribution in [1.82, 2.24) is 20.4 Å². The average Bonchev–Trinajstić information content (AvgIpc) is 2.71. The number of carbonyl (C=O) groups is 1. The van der Waals surface area contributed by atoms with E-state index in [1.807, 2.05) is 6.92 Å². The molecule has 3 unspecified atom stereocenters. The summed E-state index contributed by atoms with van der Waals surface area (Å²) >= 11 is 0. The Hall–Kier alpha value is -1.19. The predicted octanol–water partition coefficient (Wildman–Crippen LogP) is 0.0218. The smallest absolute Gasteiger partial charge is 0.243 e. The van der Waals surface area contributed by atoms with Gasteiger partial charge in [-0.05, 0) is 19.3 Å². The summed E-state index contributed by atoms with van der Waals surface area (Å²) in [4.78, 5) is 20.4. The molecule has 0 aromatic carbocycles. The van der Waals surface area contributed by atoms with E-state index < -0.39 is 10.8 Å². The lowest BCUT2D eigenvalue weighted by atomic mass is 9.95. The quantitative estimate of drug-likeness (QED) is 0.429. The van der Waals surface area contributed by atoms with Crippen LogP contribution in [0.4, 0.5) is 0 Å². The first kappa shape index (κ1) is 23.1. The van der Waals surface area contributed by atoms with E-state index in [2.05, 4.69) is 20.5 Å². The monoisotopic (exact) mass is 415 g/mol. The minimum Gasteiger partial charge on any atom is -0.379 e. The molecule has 0 aromatic rings. The maximum absolute atomic E-state index is 12.2. The van der Waals surface area contributed by atoms with Crippen LogP contribution in [-0.2, 0) is 20.3 Å². The molecule has 3 atom stereocenters. The molecule has 1 aliphatic carbocycles. The van der Waals surface area contributed by atoms with Crippen LogP contribution in [0.15, 0.2) is 4.99 Å². The highest BCUT2D eigenvalue weighted by molar-refractivity contribution is 7.85. The van der Waals surface area contributed by atoms with Crippen LogP contribution in [0.1, 0.15) is 32.6 Å². The first-order valence-electron chi connectivity index (χ1n) is 10.4. The molecule has 0 spiro atoms. The number of aliphatic imine (C=N–C) groups is 1. The van der Waals surface area contributed by atoms with Gasteiger partial charge in [-0.15, -0.1) is 0 Å². The Balaban J connectivity index is 1.89. The van der Waals surface area contributed by atoms with E-state index in [4.69, 9.17) is 4.74 Å². The third-order valence-corrected chi connectivity index (χ3v) is 7.06. The lowest BCUT2D eigenvalue weighted by Crippen LogP contribution is -2.49. The van der Waals surface area contributed by atoms with Gasteiger partial charge in [0.25, 0.3) is 0 Å². The minimum atomic E-state index is -0.755. The standard InChI is InChI=1S/C19H37N5O3S/c1-4-28(26)17-7-5-6-16(14-17)22-19(21-15-18(25)23(2)3)20-8-9-24-10-12-27-13-11-24/h16-17H,4-15H2,1-3H3,(H2,20,21,22). The molecule has 2 fully saturated rings. The molecule has 1 heterocycles. The summed E-state index contributed by atoms with van der Waals surface area (Å²) in [6.45, 7) is 7.26. The zero-order valence-corrected chi connectivity index (χ0v) is 18.4. The van der Waals surface area contributed by atoms with Crippen molar-refractivity contribution in [2.24, 2.45) is 4.99 Å². The summed E-state index contributed by atoms with van der Waals surface area (Å²) in [6, 6.07) is 0.248. The first-order chi connectivity index (χ1) is 13.5. The van der Waals surface area contributed by atoms with E-state index in [9.17, 15) is 9.00 Å². The molecule has 1 amide bonds. The number of carbonyl (C=O) groups excluding carboxylic acids is 1. The summed E-state index contributed by atoms with van der Waals surface area (Å²) in [6.07, 6.45) is 4.05. The number of nitrogens with zero attached hydrogens (tertiary/aromatic N) is 3. The van der Waals surface area contributed by atoms with Crippen LogP contribution >= 0.6 is 0 Å². The molecule has 9 heteroatoms. The van der Waals surface area contributed by atoms with Crippen LogP contribution < -0.4 is 10.6 Å². The number of nitrogens with one attached hydrogen (secondary N) is 2. The van der Waals surface area contributed by atoms with E-state index in [-0.39, 0.29) is 23.7 Å². The van der Waals surface area contributed by atoms with E-state index in [0.29, 0.717) is 11.7 Å². The Kier molecular flexibility index (Phi) is 10.2. The molecule has 2 aliphatic rings. The van der Waals surface area contributed by atoms with Crippen molar-refractivity contribution in [1.29, 1.82) is 0 Å². The van der Waals surface area contributed by atoms with E-state index in [0.717, 1.165) is 65.1 Å². The van der Waals surface area contributed by atoms with Crippen molar-refractivity contribution >= 4 is 22.7 Å². The lowest BCUT2D eigenvalue weighted by molar-refractivity contribution is -0.127. The highest BCUT2D eigenvalue weighted by Gasteiger charge is 2.26. The van der Waals surface area contributed by atoms with Crippen LogP contribution in [0.2, 0.25) is 0 Å². The summed E-state index contributed by atoms with van der Waals surface area (Å²) in [7, 11) is 2.72. The van der Waals surface area contributed by atoms with Gasteiger partial charge in [0.05, 0.1) is 13.2 Å². The molecule has 8 nitrogen and oxygen atoms in total. The third kappa shape index (κ3) is 8.05. The van der Waals surface area contributed by atoms with Gasteiger partial charge in [0, 0.05) is 68.1 Å². The number of morpholine rings is 1. The normalized spacial score (nSPS) is 25.2. The lowest BCUT2D eigenvalue weighted by Gasteiger charge is -2.31. The van der Waals surface area contributed by atoms with Gasteiger partial charge in [-0.25, -0.2) is 4.99 Å². The Bertz CT molecular complexity index is 538. The third-order valence-electron chi connectivity index (χ3n) is 5.32. The number of hydrogen-bond acceptors (Lipinski definition) is 5. The van der Waals surface area contributed by atoms with E-state index in [1.54, 1.807) is 19.0 Å². The van der Waals surface area contributed by atoms with Crippen LogP contribution in [0.25, 0.3) is 0 Å². The van der Waals surface area contributed by atoms with Gasteiger partial charge < -0.3 is 20.3 Å². The molecule has 0 bridgehead atoms. The fourth-order valence-corrected chi connectivity index (χ4v) is 4.89. The van der Waals surface area contributed by atoms with Crippen molar-refractivity contribution in [2.75, 3.05) is 65.8 Å². The zero-order valence-electron chi connectivity index (χ0n) is 17.6. The van der Waals surface area contributed by atoms with Gasteiger partial charge >= 0.3 is 0 Å². The molecule has 1 aliphatic heterocycles. The van der Waals surface area contributed by atoms with Crippen molar-refractivity contribution in [3.8, 4) is 0 Å². The molecule has 1 saturated carbocycles. The van der Waals surface area contributed by atoms with Crippen LogP contribution in [0.5, 0.6) is 0 Å². The molecule has 2 N–H and O–H groups in total. The predicted molar refractivity (Wildman–Crippen MR) is 114 cm³/mol. The minimum absolute atomic E-state index is 0.0251. The largest absolute Gasteiger partial charge is 0.379 e. The summed E-state index contributed by atoms with van der Waals surface area (Å²) in [5.41, 5.74) is 0. The van der Waals surface area contributed by atoms with Gasteiger partial charge in [0.15, 0.2) is 5.96 Å². The highest BCUT2D eigenvalue weighted by Crippen LogP contribution is 2.22. The molecule has 162 valence electrons. The molecular formula is C19H37N5O3S. The van der Waals surface area contributed by atoms with Gasteiger partial charge in [-0.2, -0.15) is 0 Å². The van der Waals surface area contributed by atoms with Gasteiger partial charge in [-0.3, -0.25) is 13.9 Å². The molecule has 0 radical (unpaired) electrons. The van der Waals surface area contributed by atoms with Crippen molar-refractivity contribution in [2.45, 2.75) is 43.9 Å². The van der Waals surface area contributed by atoms with Gasteiger partial charge in [0.1, 0.15) is 6.54 Å². The molecule has 1 saturated heterocycles. The fraction of sp³-hybridized carbons (Fsp3) is 0.895. The van der Waals surface area contributed by atoms with Gasteiger partial charge in [0.2, 0.25) is 5.91 Å². The zero-order chi connectivity index (χ0) is 20.4. The van der Waals surface area contributed by atoms with Crippen molar-refractivity contribution in [3.05, 3.63) is 0 Å². The fourth-order valence-electron chi connectivity index (χ4n) is 3.54. The van der Waals surface area contributed by atoms with Crippen molar-refractivity contribution < 1.29 is 13.7 Å². The Morgan fingerprint density at radius 3 is 2.71 bits per heavy atom. The SMILES string of the molecule is CCS(=O)C1CCCC(NC(=NCC(=O)N(C)C)NCCN2CCOCC2)C1. The molecule has 2 rings (SSSR count). The topological polar surface area (TPSA) is 86.3 Å². The highest BCUT2D eigenvalue weighted by atomic mass is 32.2. The van der Waals surface area contributed by atoms with Crippen LogP contribution in [0.3, 0.4) is 0 Å². The Morgan fingerprint density at radius 1 is 1.29 bits per heavy atom. The molecule has 28 heavy (non-hydrogen) atoms. The number of rotatable bonds is 8. The average molecular weight is 416 g/mol. The number of hydrogen-bond donors (Lipinski definition) is 2. The second-order valence-corrected chi connectivity index (χ2v) is 9.64. The van der Waals surface area contributed by atoms with E-state index >= 15 is 0 Å². The molecular weight excluding hydrogens is 378 g/mol.